The van der Waals surface area contributed by atoms with Gasteiger partial charge in [0.1, 0.15) is 6.04 Å². The number of likely N-dealkylation sites (N-methyl/N-ethyl adjacent to an activating group) is 1. The number of hydrogen-bond acceptors (Lipinski definition) is 4. The highest BCUT2D eigenvalue weighted by Gasteiger charge is 2.27. The van der Waals surface area contributed by atoms with Crippen molar-refractivity contribution in [2.75, 3.05) is 13.3 Å². The van der Waals surface area contributed by atoms with E-state index in [4.69, 9.17) is 32.7 Å². The van der Waals surface area contributed by atoms with Gasteiger partial charge in [-0.2, -0.15) is 0 Å². The van der Waals surface area contributed by atoms with Crippen molar-refractivity contribution in [3.05, 3.63) is 57.6 Å². The van der Waals surface area contributed by atoms with Crippen LogP contribution in [0.4, 0.5) is 0 Å². The lowest BCUT2D eigenvalue weighted by Gasteiger charge is -2.29. The van der Waals surface area contributed by atoms with E-state index < -0.39 is 6.04 Å². The largest absolute Gasteiger partial charge is 0.454 e. The summed E-state index contributed by atoms with van der Waals surface area (Å²) >= 11 is 12.6. The number of hydrogen-bond donors (Lipinski definition) is 1. The summed E-state index contributed by atoms with van der Waals surface area (Å²) in [7, 11) is 0. The molecule has 0 aliphatic carbocycles. The molecule has 2 aromatic rings. The lowest BCUT2D eigenvalue weighted by Crippen LogP contribution is -2.47. The predicted molar refractivity (Wildman–Crippen MR) is 116 cm³/mol. The SMILES string of the molecule is CCNC(=O)[C@@H](C)N(Cc1c(Cl)cccc1Cl)C(=O)CCc1ccc2c(c1)OCO2. The first-order valence-electron chi connectivity index (χ1n) is 9.79. The van der Waals surface area contributed by atoms with Gasteiger partial charge in [0.2, 0.25) is 18.6 Å². The van der Waals surface area contributed by atoms with E-state index in [1.807, 2.05) is 25.1 Å². The van der Waals surface area contributed by atoms with Crippen molar-refractivity contribution in [2.24, 2.45) is 0 Å². The van der Waals surface area contributed by atoms with E-state index in [-0.39, 0.29) is 31.6 Å². The smallest absolute Gasteiger partial charge is 0.242 e. The highest BCUT2D eigenvalue weighted by molar-refractivity contribution is 6.36. The molecule has 0 saturated heterocycles. The summed E-state index contributed by atoms with van der Waals surface area (Å²) in [6.07, 6.45) is 0.732. The summed E-state index contributed by atoms with van der Waals surface area (Å²) in [5.41, 5.74) is 1.57. The Kier molecular flexibility index (Phi) is 7.45. The van der Waals surface area contributed by atoms with Crippen LogP contribution in [0.3, 0.4) is 0 Å². The molecule has 0 spiro atoms. The molecule has 2 aromatic carbocycles. The molecule has 1 atom stereocenters. The molecule has 1 aliphatic rings. The fraction of sp³-hybridized carbons (Fsp3) is 0.364. The molecule has 1 aliphatic heterocycles. The van der Waals surface area contributed by atoms with E-state index in [0.717, 1.165) is 5.56 Å². The lowest BCUT2D eigenvalue weighted by atomic mass is 10.1. The van der Waals surface area contributed by atoms with Crippen molar-refractivity contribution in [3.8, 4) is 11.5 Å². The molecule has 0 bridgehead atoms. The molecule has 2 amide bonds. The van der Waals surface area contributed by atoms with Crippen LogP contribution in [0.5, 0.6) is 11.5 Å². The maximum atomic E-state index is 13.1. The fourth-order valence-corrected chi connectivity index (χ4v) is 3.77. The molecule has 0 unspecified atom stereocenters. The number of carbonyl (C=O) groups excluding carboxylic acids is 2. The zero-order chi connectivity index (χ0) is 21.7. The van der Waals surface area contributed by atoms with Crippen molar-refractivity contribution >= 4 is 35.0 Å². The van der Waals surface area contributed by atoms with E-state index in [9.17, 15) is 9.59 Å². The number of benzene rings is 2. The minimum Gasteiger partial charge on any atom is -0.454 e. The van der Waals surface area contributed by atoms with Crippen molar-refractivity contribution in [1.29, 1.82) is 0 Å². The Bertz CT molecular complexity index is 915. The second-order valence-corrected chi connectivity index (χ2v) is 7.79. The summed E-state index contributed by atoms with van der Waals surface area (Å²) in [5, 5.41) is 3.68. The van der Waals surface area contributed by atoms with Gasteiger partial charge in [0.05, 0.1) is 0 Å². The number of rotatable bonds is 8. The Morgan fingerprint density at radius 1 is 1.13 bits per heavy atom. The molecule has 0 saturated carbocycles. The molecule has 3 rings (SSSR count). The minimum absolute atomic E-state index is 0.150. The predicted octanol–water partition coefficient (Wildman–Crippen LogP) is 4.21. The van der Waals surface area contributed by atoms with Crippen LogP contribution in [0.25, 0.3) is 0 Å². The van der Waals surface area contributed by atoms with Crippen molar-refractivity contribution in [3.63, 3.8) is 0 Å². The Morgan fingerprint density at radius 3 is 2.53 bits per heavy atom. The minimum atomic E-state index is -0.665. The van der Waals surface area contributed by atoms with Gasteiger partial charge in [0.25, 0.3) is 0 Å². The Labute approximate surface area is 186 Å². The molecule has 0 aromatic heterocycles. The van der Waals surface area contributed by atoms with Gasteiger partial charge in [-0.3, -0.25) is 9.59 Å². The average molecular weight is 451 g/mol. The summed E-state index contributed by atoms with van der Waals surface area (Å²) in [6, 6.07) is 10.1. The number of carbonyl (C=O) groups is 2. The molecule has 0 fully saturated rings. The second kappa shape index (κ2) is 10.0. The Balaban J connectivity index is 1.76. The third-order valence-corrected chi connectivity index (χ3v) is 5.68. The van der Waals surface area contributed by atoms with E-state index in [1.54, 1.807) is 25.1 Å². The third-order valence-electron chi connectivity index (χ3n) is 4.97. The molecule has 8 heteroatoms. The molecular formula is C22H24Cl2N2O4. The molecule has 160 valence electrons. The summed E-state index contributed by atoms with van der Waals surface area (Å²) in [6.45, 7) is 4.37. The first-order chi connectivity index (χ1) is 14.4. The number of aryl methyl sites for hydroxylation is 1. The van der Waals surface area contributed by atoms with E-state index in [2.05, 4.69) is 5.32 Å². The van der Waals surface area contributed by atoms with Gasteiger partial charge in [-0.05, 0) is 50.1 Å². The maximum absolute atomic E-state index is 13.1. The van der Waals surface area contributed by atoms with Crippen LogP contribution in [0.2, 0.25) is 10.0 Å². The van der Waals surface area contributed by atoms with Crippen LogP contribution in [-0.2, 0) is 22.6 Å². The van der Waals surface area contributed by atoms with E-state index >= 15 is 0 Å². The number of ether oxygens (including phenoxy) is 2. The zero-order valence-corrected chi connectivity index (χ0v) is 18.4. The Morgan fingerprint density at radius 2 is 1.83 bits per heavy atom. The lowest BCUT2D eigenvalue weighted by molar-refractivity contribution is -0.140. The van der Waals surface area contributed by atoms with Gasteiger partial charge in [0.15, 0.2) is 11.5 Å². The summed E-state index contributed by atoms with van der Waals surface area (Å²) in [5.74, 6) is 0.986. The van der Waals surface area contributed by atoms with Crippen LogP contribution in [-0.4, -0.2) is 36.1 Å². The second-order valence-electron chi connectivity index (χ2n) is 6.98. The number of amides is 2. The quantitative estimate of drug-likeness (QED) is 0.653. The van der Waals surface area contributed by atoms with Gasteiger partial charge in [-0.15, -0.1) is 0 Å². The van der Waals surface area contributed by atoms with Crippen molar-refractivity contribution in [1.82, 2.24) is 10.2 Å². The van der Waals surface area contributed by atoms with Crippen LogP contribution < -0.4 is 14.8 Å². The molecule has 1 N–H and O–H groups in total. The molecule has 30 heavy (non-hydrogen) atoms. The summed E-state index contributed by atoms with van der Waals surface area (Å²) < 4.78 is 10.7. The Hall–Kier alpha value is -2.44. The van der Waals surface area contributed by atoms with Gasteiger partial charge in [-0.25, -0.2) is 0 Å². The van der Waals surface area contributed by atoms with Gasteiger partial charge >= 0.3 is 0 Å². The summed E-state index contributed by atoms with van der Waals surface area (Å²) in [4.78, 5) is 27.1. The van der Waals surface area contributed by atoms with Gasteiger partial charge in [0, 0.05) is 35.1 Å². The number of halogens is 2. The number of nitrogens with one attached hydrogen (secondary N) is 1. The molecule has 0 radical (unpaired) electrons. The highest BCUT2D eigenvalue weighted by atomic mass is 35.5. The van der Waals surface area contributed by atoms with E-state index in [0.29, 0.717) is 40.1 Å². The topological polar surface area (TPSA) is 67.9 Å². The normalized spacial score (nSPS) is 13.1. The molecule has 6 nitrogen and oxygen atoms in total. The fourth-order valence-electron chi connectivity index (χ4n) is 3.25. The first kappa shape index (κ1) is 22.2. The highest BCUT2D eigenvalue weighted by Crippen LogP contribution is 2.33. The molecular weight excluding hydrogens is 427 g/mol. The zero-order valence-electron chi connectivity index (χ0n) is 16.9. The number of nitrogens with zero attached hydrogens (tertiary/aromatic N) is 1. The van der Waals surface area contributed by atoms with Gasteiger partial charge in [-0.1, -0.05) is 35.3 Å². The van der Waals surface area contributed by atoms with Crippen LogP contribution in [0, 0.1) is 0 Å². The van der Waals surface area contributed by atoms with Crippen LogP contribution in [0.15, 0.2) is 36.4 Å². The van der Waals surface area contributed by atoms with Gasteiger partial charge < -0.3 is 19.7 Å². The van der Waals surface area contributed by atoms with E-state index in [1.165, 1.54) is 4.90 Å². The third kappa shape index (κ3) is 5.18. The van der Waals surface area contributed by atoms with Crippen LogP contribution >= 0.6 is 23.2 Å². The molecule has 1 heterocycles. The number of fused-ring (bicyclic) bond motifs is 1. The monoisotopic (exact) mass is 450 g/mol. The first-order valence-corrected chi connectivity index (χ1v) is 10.5. The van der Waals surface area contributed by atoms with Crippen molar-refractivity contribution in [2.45, 2.75) is 39.3 Å². The standard InChI is InChI=1S/C22H24Cl2N2O4/c1-3-25-22(28)14(2)26(12-16-17(23)5-4-6-18(16)24)21(27)10-8-15-7-9-19-20(11-15)30-13-29-19/h4-7,9,11,14H,3,8,10,12-13H2,1-2H3,(H,25,28)/t14-/m1/s1. The van der Waals surface area contributed by atoms with Crippen molar-refractivity contribution < 1.29 is 19.1 Å². The maximum Gasteiger partial charge on any atom is 0.242 e. The average Bonchev–Trinajstić information content (AvgIpc) is 3.19. The van der Waals surface area contributed by atoms with Crippen LogP contribution in [0.1, 0.15) is 31.4 Å².